The molecule has 0 heterocycles. The highest BCUT2D eigenvalue weighted by molar-refractivity contribution is 5.78. The number of likely N-dealkylation sites (N-methyl/N-ethyl adjacent to an activating group) is 1. The molecule has 0 unspecified atom stereocenters. The molecule has 1 rings (SSSR count). The monoisotopic (exact) mass is 272 g/mol. The summed E-state index contributed by atoms with van der Waals surface area (Å²) in [6, 6.07) is 2.07. The predicted octanol–water partition coefficient (Wildman–Crippen LogP) is 1.63. The number of carbonyl (C=O) groups is 1. The maximum atomic E-state index is 13.1. The third-order valence-corrected chi connectivity index (χ3v) is 2.80. The van der Waals surface area contributed by atoms with Crippen molar-refractivity contribution in [3.63, 3.8) is 0 Å². The van der Waals surface area contributed by atoms with Crippen LogP contribution in [0.15, 0.2) is 12.1 Å². The van der Waals surface area contributed by atoms with Crippen molar-refractivity contribution in [2.75, 3.05) is 19.6 Å². The fourth-order valence-electron chi connectivity index (χ4n) is 1.72. The molecule has 0 aliphatic carbocycles. The van der Waals surface area contributed by atoms with Crippen LogP contribution in [-0.2, 0) is 11.3 Å². The molecular formula is C13H18F2N2O2. The zero-order valence-electron chi connectivity index (χ0n) is 11.0. The van der Waals surface area contributed by atoms with Crippen molar-refractivity contribution in [2.24, 2.45) is 0 Å². The zero-order chi connectivity index (χ0) is 14.4. The van der Waals surface area contributed by atoms with Gasteiger partial charge in [-0.05, 0) is 31.5 Å². The summed E-state index contributed by atoms with van der Waals surface area (Å²) in [5.74, 6) is -3.06. The minimum Gasteiger partial charge on any atom is -0.503 e. The molecule has 0 aromatic heterocycles. The van der Waals surface area contributed by atoms with Crippen LogP contribution in [0.1, 0.15) is 19.4 Å². The van der Waals surface area contributed by atoms with Gasteiger partial charge in [0.1, 0.15) is 0 Å². The first kappa shape index (κ1) is 15.4. The second kappa shape index (κ2) is 7.04. The van der Waals surface area contributed by atoms with Crippen LogP contribution < -0.4 is 5.32 Å². The lowest BCUT2D eigenvalue weighted by molar-refractivity contribution is -0.129. The topological polar surface area (TPSA) is 52.6 Å². The number of amides is 1. The van der Waals surface area contributed by atoms with E-state index in [0.29, 0.717) is 18.7 Å². The Hall–Kier alpha value is -1.69. The number of nitrogens with one attached hydrogen (secondary N) is 1. The first-order valence-electron chi connectivity index (χ1n) is 6.14. The second-order valence-corrected chi connectivity index (χ2v) is 4.08. The number of benzene rings is 1. The van der Waals surface area contributed by atoms with E-state index >= 15 is 0 Å². The first-order valence-corrected chi connectivity index (χ1v) is 6.14. The Bertz CT molecular complexity index is 425. The summed E-state index contributed by atoms with van der Waals surface area (Å²) >= 11 is 0. The van der Waals surface area contributed by atoms with Crippen LogP contribution in [0, 0.1) is 11.6 Å². The maximum Gasteiger partial charge on any atom is 0.236 e. The average Bonchev–Trinajstić information content (AvgIpc) is 2.37. The first-order chi connectivity index (χ1) is 8.99. The number of nitrogens with zero attached hydrogens (tertiary/aromatic N) is 1. The van der Waals surface area contributed by atoms with Crippen molar-refractivity contribution in [1.29, 1.82) is 0 Å². The average molecular weight is 272 g/mol. The Morgan fingerprint density at radius 2 is 1.79 bits per heavy atom. The van der Waals surface area contributed by atoms with E-state index in [9.17, 15) is 13.6 Å². The Kier molecular flexibility index (Phi) is 5.69. The molecule has 1 aromatic carbocycles. The summed E-state index contributed by atoms with van der Waals surface area (Å²) in [6.07, 6.45) is 0. The van der Waals surface area contributed by atoms with Crippen molar-refractivity contribution in [3.8, 4) is 5.75 Å². The minimum atomic E-state index is -1.01. The van der Waals surface area contributed by atoms with E-state index < -0.39 is 17.4 Å². The van der Waals surface area contributed by atoms with Crippen LogP contribution in [0.2, 0.25) is 0 Å². The molecule has 1 amide bonds. The quantitative estimate of drug-likeness (QED) is 0.827. The standard InChI is InChI=1S/C13H18F2N2O2/c1-3-17(4-2)12(18)8-16-7-9-5-10(14)13(19)11(15)6-9/h5-6,16,19H,3-4,7-8H2,1-2H3. The SMILES string of the molecule is CCN(CC)C(=O)CNCc1cc(F)c(O)c(F)c1. The van der Waals surface area contributed by atoms with Crippen molar-refractivity contribution in [1.82, 2.24) is 10.2 Å². The van der Waals surface area contributed by atoms with Crippen molar-refractivity contribution in [3.05, 3.63) is 29.3 Å². The summed E-state index contributed by atoms with van der Waals surface area (Å²) in [6.45, 7) is 5.27. The van der Waals surface area contributed by atoms with E-state index in [2.05, 4.69) is 5.32 Å². The number of phenols is 1. The van der Waals surface area contributed by atoms with Crippen LogP contribution in [-0.4, -0.2) is 35.5 Å². The largest absolute Gasteiger partial charge is 0.503 e. The molecule has 0 spiro atoms. The lowest BCUT2D eigenvalue weighted by Gasteiger charge is -2.18. The Morgan fingerprint density at radius 3 is 2.26 bits per heavy atom. The number of halogens is 2. The van der Waals surface area contributed by atoms with Crippen molar-refractivity contribution in [2.45, 2.75) is 20.4 Å². The van der Waals surface area contributed by atoms with Gasteiger partial charge in [-0.2, -0.15) is 0 Å². The van der Waals surface area contributed by atoms with Gasteiger partial charge in [0.05, 0.1) is 6.54 Å². The molecule has 0 atom stereocenters. The van der Waals surface area contributed by atoms with Gasteiger partial charge in [0, 0.05) is 19.6 Å². The van der Waals surface area contributed by atoms with E-state index in [1.165, 1.54) is 0 Å². The molecular weight excluding hydrogens is 254 g/mol. The summed E-state index contributed by atoms with van der Waals surface area (Å²) in [4.78, 5) is 13.3. The zero-order valence-corrected chi connectivity index (χ0v) is 11.0. The number of hydrogen-bond acceptors (Lipinski definition) is 3. The van der Waals surface area contributed by atoms with Crippen LogP contribution in [0.3, 0.4) is 0 Å². The van der Waals surface area contributed by atoms with Crippen molar-refractivity contribution >= 4 is 5.91 Å². The molecule has 0 aliphatic heterocycles. The summed E-state index contributed by atoms with van der Waals surface area (Å²) in [5.41, 5.74) is 0.333. The molecule has 106 valence electrons. The molecule has 0 saturated carbocycles. The van der Waals surface area contributed by atoms with E-state index in [4.69, 9.17) is 5.11 Å². The number of phenolic OH excluding ortho intramolecular Hbond substituents is 1. The number of aromatic hydroxyl groups is 1. The molecule has 4 nitrogen and oxygen atoms in total. The van der Waals surface area contributed by atoms with Gasteiger partial charge in [-0.25, -0.2) is 8.78 Å². The molecule has 19 heavy (non-hydrogen) atoms. The lowest BCUT2D eigenvalue weighted by atomic mass is 10.2. The maximum absolute atomic E-state index is 13.1. The molecule has 0 aliphatic rings. The molecule has 0 radical (unpaired) electrons. The fraction of sp³-hybridized carbons (Fsp3) is 0.462. The van der Waals surface area contributed by atoms with Crippen LogP contribution >= 0.6 is 0 Å². The van der Waals surface area contributed by atoms with Crippen LogP contribution in [0.4, 0.5) is 8.78 Å². The second-order valence-electron chi connectivity index (χ2n) is 4.08. The van der Waals surface area contributed by atoms with Gasteiger partial charge in [0.2, 0.25) is 5.91 Å². The highest BCUT2D eigenvalue weighted by Gasteiger charge is 2.11. The van der Waals surface area contributed by atoms with Crippen LogP contribution in [0.5, 0.6) is 5.75 Å². The Morgan fingerprint density at radius 1 is 1.26 bits per heavy atom. The molecule has 1 aromatic rings. The highest BCUT2D eigenvalue weighted by Crippen LogP contribution is 2.21. The molecule has 0 bridgehead atoms. The summed E-state index contributed by atoms with van der Waals surface area (Å²) in [5, 5.41) is 11.8. The third kappa shape index (κ3) is 4.17. The van der Waals surface area contributed by atoms with Crippen molar-refractivity contribution < 1.29 is 18.7 Å². The third-order valence-electron chi connectivity index (χ3n) is 2.80. The van der Waals surface area contributed by atoms with Gasteiger partial charge in [0.25, 0.3) is 0 Å². The van der Waals surface area contributed by atoms with Gasteiger partial charge in [-0.15, -0.1) is 0 Å². The molecule has 6 heteroatoms. The van der Waals surface area contributed by atoms with E-state index in [-0.39, 0.29) is 19.0 Å². The van der Waals surface area contributed by atoms with E-state index in [1.807, 2.05) is 13.8 Å². The number of carbonyl (C=O) groups excluding carboxylic acids is 1. The van der Waals surface area contributed by atoms with Gasteiger partial charge in [-0.3, -0.25) is 4.79 Å². The molecule has 0 saturated heterocycles. The smallest absolute Gasteiger partial charge is 0.236 e. The molecule has 2 N–H and O–H groups in total. The van der Waals surface area contributed by atoms with Gasteiger partial charge >= 0.3 is 0 Å². The number of hydrogen-bond donors (Lipinski definition) is 2. The van der Waals surface area contributed by atoms with Gasteiger partial charge < -0.3 is 15.3 Å². The summed E-state index contributed by atoms with van der Waals surface area (Å²) in [7, 11) is 0. The Balaban J connectivity index is 2.52. The lowest BCUT2D eigenvalue weighted by Crippen LogP contribution is -2.37. The van der Waals surface area contributed by atoms with E-state index in [0.717, 1.165) is 12.1 Å². The highest BCUT2D eigenvalue weighted by atomic mass is 19.1. The van der Waals surface area contributed by atoms with Gasteiger partial charge in [-0.1, -0.05) is 0 Å². The Labute approximate surface area is 111 Å². The van der Waals surface area contributed by atoms with E-state index in [1.54, 1.807) is 4.90 Å². The number of rotatable bonds is 6. The molecule has 0 fully saturated rings. The predicted molar refractivity (Wildman–Crippen MR) is 67.7 cm³/mol. The minimum absolute atomic E-state index is 0.0651. The fourth-order valence-corrected chi connectivity index (χ4v) is 1.72. The van der Waals surface area contributed by atoms with Gasteiger partial charge in [0.15, 0.2) is 17.4 Å². The van der Waals surface area contributed by atoms with Crippen LogP contribution in [0.25, 0.3) is 0 Å². The normalized spacial score (nSPS) is 10.5. The summed E-state index contributed by atoms with van der Waals surface area (Å²) < 4.78 is 26.1.